The molecule has 1 heterocycles. The molecule has 0 radical (unpaired) electrons. The van der Waals surface area contributed by atoms with Crippen molar-refractivity contribution in [3.8, 4) is 11.1 Å². The number of nitrogens with one attached hydrogen (secondary N) is 1. The topological polar surface area (TPSA) is 65.5 Å². The van der Waals surface area contributed by atoms with Crippen molar-refractivity contribution in [3.63, 3.8) is 0 Å². The molecule has 4 aromatic rings. The lowest BCUT2D eigenvalue weighted by Crippen LogP contribution is -2.53. The van der Waals surface area contributed by atoms with E-state index in [2.05, 4.69) is 35.3 Å². The second-order valence-electron chi connectivity index (χ2n) is 8.60. The van der Waals surface area contributed by atoms with E-state index in [1.54, 1.807) is 27.7 Å². The van der Waals surface area contributed by atoms with Crippen LogP contribution < -0.4 is 5.46 Å². The van der Waals surface area contributed by atoms with Gasteiger partial charge in [0.25, 0.3) is 0 Å². The van der Waals surface area contributed by atoms with Crippen LogP contribution in [0.2, 0.25) is 0 Å². The van der Waals surface area contributed by atoms with Crippen molar-refractivity contribution >= 4 is 34.4 Å². The molecule has 0 spiro atoms. The van der Waals surface area contributed by atoms with Crippen molar-refractivity contribution in [2.24, 2.45) is 0 Å². The van der Waals surface area contributed by atoms with Gasteiger partial charge in [-0.25, -0.2) is 0 Å². The van der Waals surface area contributed by atoms with Crippen LogP contribution in [0.5, 0.6) is 0 Å². The van der Waals surface area contributed by atoms with E-state index in [1.165, 1.54) is 0 Å². The number of aromatic nitrogens is 1. The Bertz CT molecular complexity index is 1160. The maximum atomic E-state index is 10.7. The van der Waals surface area contributed by atoms with Crippen LogP contribution in [-0.2, 0) is 4.65 Å². The summed E-state index contributed by atoms with van der Waals surface area (Å²) < 4.78 is 5.81. The largest absolute Gasteiger partial charge is 0.491 e. The van der Waals surface area contributed by atoms with Crippen molar-refractivity contribution in [1.29, 1.82) is 0 Å². The molecule has 5 heteroatoms. The van der Waals surface area contributed by atoms with Gasteiger partial charge in [-0.3, -0.25) is 0 Å². The number of hydrogen-bond donors (Lipinski definition) is 3. The van der Waals surface area contributed by atoms with Crippen LogP contribution in [-0.4, -0.2) is 33.4 Å². The molecule has 0 saturated heterocycles. The fourth-order valence-electron chi connectivity index (χ4n) is 3.37. The summed E-state index contributed by atoms with van der Waals surface area (Å²) in [5.41, 5.74) is 3.00. The molecule has 29 heavy (non-hydrogen) atoms. The summed E-state index contributed by atoms with van der Waals surface area (Å²) in [6.45, 7) is 6.89. The Morgan fingerprint density at radius 2 is 1.41 bits per heavy atom. The Kier molecular flexibility index (Phi) is 4.78. The lowest BCUT2D eigenvalue weighted by Gasteiger charge is -2.38. The number of aliphatic hydroxyl groups is 1. The van der Waals surface area contributed by atoms with Gasteiger partial charge in [-0.2, -0.15) is 0 Å². The molecular formula is C24H26BNO3. The molecule has 0 saturated carbocycles. The molecule has 148 valence electrons. The van der Waals surface area contributed by atoms with Gasteiger partial charge in [0.1, 0.15) is 0 Å². The highest BCUT2D eigenvalue weighted by molar-refractivity contribution is 6.60. The number of hydrogen-bond acceptors (Lipinski definition) is 3. The average molecular weight is 387 g/mol. The molecule has 0 aliphatic carbocycles. The molecule has 0 fully saturated rings. The number of aromatic amines is 1. The molecule has 0 aliphatic heterocycles. The molecule has 3 aromatic carbocycles. The summed E-state index contributed by atoms with van der Waals surface area (Å²) in [6, 6.07) is 22.4. The minimum absolute atomic E-state index is 0.654. The van der Waals surface area contributed by atoms with Crippen LogP contribution in [0.15, 0.2) is 66.7 Å². The fourth-order valence-corrected chi connectivity index (χ4v) is 3.37. The molecular weight excluding hydrogens is 361 g/mol. The summed E-state index contributed by atoms with van der Waals surface area (Å²) in [5.74, 6) is 0. The van der Waals surface area contributed by atoms with Crippen LogP contribution in [0.4, 0.5) is 0 Å². The second-order valence-corrected chi connectivity index (χ2v) is 8.60. The van der Waals surface area contributed by atoms with Gasteiger partial charge in [0.15, 0.2) is 0 Å². The summed E-state index contributed by atoms with van der Waals surface area (Å²) in [6.07, 6.45) is 0. The third-order valence-electron chi connectivity index (χ3n) is 5.89. The zero-order valence-corrected chi connectivity index (χ0v) is 17.2. The van der Waals surface area contributed by atoms with Crippen molar-refractivity contribution in [2.75, 3.05) is 0 Å². The van der Waals surface area contributed by atoms with Crippen molar-refractivity contribution in [1.82, 2.24) is 4.98 Å². The molecule has 3 N–H and O–H groups in total. The molecule has 1 aromatic heterocycles. The van der Waals surface area contributed by atoms with Gasteiger partial charge in [0.05, 0.1) is 11.2 Å². The zero-order valence-electron chi connectivity index (χ0n) is 17.2. The minimum Gasteiger partial charge on any atom is -0.423 e. The van der Waals surface area contributed by atoms with Gasteiger partial charge in [-0.15, -0.1) is 0 Å². The molecule has 4 nitrogen and oxygen atoms in total. The second kappa shape index (κ2) is 7.03. The fraction of sp³-hybridized carbons (Fsp3) is 0.250. The predicted octanol–water partition coefficient (Wildman–Crippen LogP) is 4.24. The quantitative estimate of drug-likeness (QED) is 0.449. The Morgan fingerprint density at radius 3 is 2.07 bits per heavy atom. The van der Waals surface area contributed by atoms with E-state index in [9.17, 15) is 10.1 Å². The number of rotatable bonds is 5. The SMILES string of the molecule is CC(C)(O)C(C)(C)OB(O)c1ccc2[nH]c3ccc(-c4ccccc4)cc3c2c1. The van der Waals surface area contributed by atoms with Gasteiger partial charge < -0.3 is 19.8 Å². The maximum Gasteiger partial charge on any atom is 0.491 e. The van der Waals surface area contributed by atoms with Gasteiger partial charge in [-0.05, 0) is 62.5 Å². The Labute approximate surface area is 171 Å². The van der Waals surface area contributed by atoms with Crippen LogP contribution in [0.25, 0.3) is 32.9 Å². The van der Waals surface area contributed by atoms with E-state index < -0.39 is 18.3 Å². The highest BCUT2D eigenvalue weighted by Crippen LogP contribution is 2.30. The van der Waals surface area contributed by atoms with Crippen molar-refractivity contribution < 1.29 is 14.8 Å². The number of benzene rings is 3. The normalized spacial score (nSPS) is 12.6. The Hall–Kier alpha value is -2.60. The van der Waals surface area contributed by atoms with E-state index in [1.807, 2.05) is 36.4 Å². The summed E-state index contributed by atoms with van der Waals surface area (Å²) >= 11 is 0. The van der Waals surface area contributed by atoms with Gasteiger partial charge in [0, 0.05) is 21.8 Å². The van der Waals surface area contributed by atoms with Crippen molar-refractivity contribution in [3.05, 3.63) is 66.7 Å². The molecule has 0 atom stereocenters. The highest BCUT2D eigenvalue weighted by Gasteiger charge is 2.39. The average Bonchev–Trinajstić information content (AvgIpc) is 3.04. The van der Waals surface area contributed by atoms with Gasteiger partial charge in [-0.1, -0.05) is 48.5 Å². The van der Waals surface area contributed by atoms with Gasteiger partial charge in [0.2, 0.25) is 0 Å². The number of H-pyrrole nitrogens is 1. The molecule has 0 amide bonds. The minimum atomic E-state index is -1.14. The third kappa shape index (κ3) is 3.69. The van der Waals surface area contributed by atoms with Gasteiger partial charge >= 0.3 is 7.12 Å². The Balaban J connectivity index is 1.75. The standard InChI is InChI=1S/C24H26BNO3/c1-23(2,27)24(3,4)29-25(28)18-11-13-22-20(15-18)19-14-17(10-12-21(19)26-22)16-8-6-5-7-9-16/h5-15,26-28H,1-4H3. The van der Waals surface area contributed by atoms with Crippen LogP contribution in [0.1, 0.15) is 27.7 Å². The molecule has 4 rings (SSSR count). The van der Waals surface area contributed by atoms with E-state index in [0.717, 1.165) is 32.9 Å². The molecule has 0 unspecified atom stereocenters. The first-order valence-electron chi connectivity index (χ1n) is 9.85. The smallest absolute Gasteiger partial charge is 0.423 e. The van der Waals surface area contributed by atoms with E-state index in [-0.39, 0.29) is 0 Å². The van der Waals surface area contributed by atoms with Crippen LogP contribution >= 0.6 is 0 Å². The first-order valence-corrected chi connectivity index (χ1v) is 9.85. The summed E-state index contributed by atoms with van der Waals surface area (Å²) in [5, 5.41) is 23.1. The molecule has 0 aliphatic rings. The summed E-state index contributed by atoms with van der Waals surface area (Å²) in [4.78, 5) is 3.43. The van der Waals surface area contributed by atoms with E-state index in [0.29, 0.717) is 5.46 Å². The van der Waals surface area contributed by atoms with Crippen LogP contribution in [0, 0.1) is 0 Å². The third-order valence-corrected chi connectivity index (χ3v) is 5.89. The summed E-state index contributed by atoms with van der Waals surface area (Å²) in [7, 11) is -1.14. The van der Waals surface area contributed by atoms with Crippen molar-refractivity contribution in [2.45, 2.75) is 38.9 Å². The lowest BCUT2D eigenvalue weighted by molar-refractivity contribution is -0.0982. The predicted molar refractivity (Wildman–Crippen MR) is 120 cm³/mol. The molecule has 0 bridgehead atoms. The zero-order chi connectivity index (χ0) is 20.8. The first kappa shape index (κ1) is 19.7. The van der Waals surface area contributed by atoms with E-state index >= 15 is 0 Å². The maximum absolute atomic E-state index is 10.7. The Morgan fingerprint density at radius 1 is 0.793 bits per heavy atom. The van der Waals surface area contributed by atoms with E-state index in [4.69, 9.17) is 4.65 Å². The monoisotopic (exact) mass is 387 g/mol. The van der Waals surface area contributed by atoms with Crippen LogP contribution in [0.3, 0.4) is 0 Å². The number of fused-ring (bicyclic) bond motifs is 3. The lowest BCUT2D eigenvalue weighted by atomic mass is 9.76. The highest BCUT2D eigenvalue weighted by atomic mass is 16.5. The first-order chi connectivity index (χ1) is 13.7.